The molecule has 1 rings (SSSR count). The minimum atomic E-state index is -0.196. The second kappa shape index (κ2) is 7.20. The van der Waals surface area contributed by atoms with Gasteiger partial charge in [-0.05, 0) is 19.3 Å². The van der Waals surface area contributed by atoms with Crippen molar-refractivity contribution in [1.82, 2.24) is 0 Å². The topological polar surface area (TPSA) is 20.2 Å². The van der Waals surface area contributed by atoms with Gasteiger partial charge in [0.2, 0.25) is 0 Å². The molecule has 14 heavy (non-hydrogen) atoms. The molecule has 1 saturated carbocycles. The van der Waals surface area contributed by atoms with Crippen molar-refractivity contribution >= 4 is 11.8 Å². The number of aliphatic hydroxyl groups excluding tert-OH is 1. The van der Waals surface area contributed by atoms with E-state index in [1.165, 1.54) is 32.1 Å². The first-order chi connectivity index (χ1) is 6.83. The first-order valence-corrected chi connectivity index (χ1v) is 6.61. The van der Waals surface area contributed by atoms with Crippen LogP contribution >= 0.6 is 11.8 Å². The zero-order valence-electron chi connectivity index (χ0n) is 8.74. The molecule has 0 aromatic heterocycles. The molecule has 1 N–H and O–H groups in total. The molecule has 0 aliphatic heterocycles. The van der Waals surface area contributed by atoms with Crippen molar-refractivity contribution in [2.75, 3.05) is 5.75 Å². The molecule has 1 unspecified atom stereocenters. The van der Waals surface area contributed by atoms with Crippen LogP contribution in [0.15, 0.2) is 0 Å². The van der Waals surface area contributed by atoms with E-state index in [9.17, 15) is 5.11 Å². The highest BCUT2D eigenvalue weighted by atomic mass is 32.2. The third-order valence-corrected chi connectivity index (χ3v) is 4.22. The maximum atomic E-state index is 9.59. The molecule has 1 atom stereocenters. The first kappa shape index (κ1) is 11.9. The highest BCUT2D eigenvalue weighted by Crippen LogP contribution is 2.28. The quantitative estimate of drug-likeness (QED) is 0.707. The lowest BCUT2D eigenvalue weighted by molar-refractivity contribution is 0.191. The lowest BCUT2D eigenvalue weighted by Crippen LogP contribution is -2.15. The number of hydrogen-bond acceptors (Lipinski definition) is 2. The van der Waals surface area contributed by atoms with Gasteiger partial charge in [-0.2, -0.15) is 11.8 Å². The zero-order valence-corrected chi connectivity index (χ0v) is 9.56. The van der Waals surface area contributed by atoms with Crippen LogP contribution in [0.3, 0.4) is 0 Å². The summed E-state index contributed by atoms with van der Waals surface area (Å²) < 4.78 is 0. The van der Waals surface area contributed by atoms with Crippen LogP contribution in [-0.2, 0) is 0 Å². The molecule has 1 nitrogen and oxygen atoms in total. The number of hydrogen-bond donors (Lipinski definition) is 1. The van der Waals surface area contributed by atoms with Gasteiger partial charge in [0.25, 0.3) is 0 Å². The summed E-state index contributed by atoms with van der Waals surface area (Å²) in [4.78, 5) is 0. The fourth-order valence-corrected chi connectivity index (χ4v) is 3.14. The van der Waals surface area contributed by atoms with Crippen molar-refractivity contribution in [2.45, 2.75) is 56.3 Å². The van der Waals surface area contributed by atoms with Crippen LogP contribution in [0.25, 0.3) is 0 Å². The Balaban J connectivity index is 2.03. The smallest absolute Gasteiger partial charge is 0.0639 e. The summed E-state index contributed by atoms with van der Waals surface area (Å²) in [6.07, 6.45) is 13.2. The maximum Gasteiger partial charge on any atom is 0.0639 e. The Labute approximate surface area is 91.7 Å². The van der Waals surface area contributed by atoms with E-state index in [0.717, 1.165) is 17.4 Å². The van der Waals surface area contributed by atoms with E-state index in [-0.39, 0.29) is 6.10 Å². The molecule has 1 aliphatic rings. The number of rotatable bonds is 5. The Kier molecular flexibility index (Phi) is 6.14. The number of terminal acetylenes is 1. The van der Waals surface area contributed by atoms with Crippen molar-refractivity contribution in [2.24, 2.45) is 0 Å². The molecule has 0 amide bonds. The van der Waals surface area contributed by atoms with Gasteiger partial charge in [0.1, 0.15) is 0 Å². The zero-order chi connectivity index (χ0) is 10.2. The Morgan fingerprint density at radius 2 is 2.07 bits per heavy atom. The van der Waals surface area contributed by atoms with Crippen molar-refractivity contribution in [1.29, 1.82) is 0 Å². The molecule has 0 bridgehead atoms. The van der Waals surface area contributed by atoms with Crippen molar-refractivity contribution in [3.63, 3.8) is 0 Å². The van der Waals surface area contributed by atoms with Crippen LogP contribution in [0.4, 0.5) is 0 Å². The number of thioether (sulfide) groups is 1. The van der Waals surface area contributed by atoms with Crippen LogP contribution < -0.4 is 0 Å². The maximum absolute atomic E-state index is 9.59. The van der Waals surface area contributed by atoms with E-state index < -0.39 is 0 Å². The monoisotopic (exact) mass is 212 g/mol. The highest BCUT2D eigenvalue weighted by Gasteiger charge is 2.15. The van der Waals surface area contributed by atoms with E-state index in [1.54, 1.807) is 0 Å². The largest absolute Gasteiger partial charge is 0.392 e. The summed E-state index contributed by atoms with van der Waals surface area (Å²) in [5.74, 6) is 3.43. The van der Waals surface area contributed by atoms with E-state index in [0.29, 0.717) is 6.42 Å². The molecule has 1 fully saturated rings. The van der Waals surface area contributed by atoms with Gasteiger partial charge in [0.15, 0.2) is 0 Å². The Morgan fingerprint density at radius 1 is 1.36 bits per heavy atom. The second-order valence-electron chi connectivity index (χ2n) is 3.99. The third-order valence-electron chi connectivity index (χ3n) is 2.70. The van der Waals surface area contributed by atoms with Gasteiger partial charge in [0.05, 0.1) is 6.10 Å². The molecule has 0 aromatic carbocycles. The van der Waals surface area contributed by atoms with Gasteiger partial charge in [-0.3, -0.25) is 0 Å². The Hall–Kier alpha value is -0.130. The summed E-state index contributed by atoms with van der Waals surface area (Å²) >= 11 is 1.94. The van der Waals surface area contributed by atoms with Crippen molar-refractivity contribution in [3.8, 4) is 12.3 Å². The van der Waals surface area contributed by atoms with Gasteiger partial charge in [-0.25, -0.2) is 0 Å². The molecule has 80 valence electrons. The molecule has 1 aliphatic carbocycles. The molecular formula is C12H20OS. The molecule has 0 heterocycles. The second-order valence-corrected chi connectivity index (χ2v) is 5.32. The third kappa shape index (κ3) is 4.93. The summed E-state index contributed by atoms with van der Waals surface area (Å²) in [6.45, 7) is 0. The van der Waals surface area contributed by atoms with E-state index in [1.807, 2.05) is 11.8 Å². The fourth-order valence-electron chi connectivity index (χ4n) is 1.81. The summed E-state index contributed by atoms with van der Waals surface area (Å²) in [6, 6.07) is 0. The van der Waals surface area contributed by atoms with E-state index in [4.69, 9.17) is 6.42 Å². The van der Waals surface area contributed by atoms with Crippen LogP contribution in [0.5, 0.6) is 0 Å². The van der Waals surface area contributed by atoms with E-state index >= 15 is 0 Å². The molecule has 0 saturated heterocycles. The lowest BCUT2D eigenvalue weighted by Gasteiger charge is -2.22. The Morgan fingerprint density at radius 3 is 2.71 bits per heavy atom. The number of aliphatic hydroxyl groups is 1. The van der Waals surface area contributed by atoms with E-state index in [2.05, 4.69) is 5.92 Å². The average molecular weight is 212 g/mol. The van der Waals surface area contributed by atoms with Crippen LogP contribution in [0.1, 0.15) is 44.9 Å². The van der Waals surface area contributed by atoms with Crippen LogP contribution in [0.2, 0.25) is 0 Å². The summed E-state index contributed by atoms with van der Waals surface area (Å²) in [5, 5.41) is 10.4. The van der Waals surface area contributed by atoms with Gasteiger partial charge < -0.3 is 5.11 Å². The highest BCUT2D eigenvalue weighted by molar-refractivity contribution is 7.99. The standard InChI is InChI=1S/C12H20OS/c1-2-3-7-11(13)10-14-12-8-5-4-6-9-12/h1,11-13H,3-10H2. The fraction of sp³-hybridized carbons (Fsp3) is 0.833. The van der Waals surface area contributed by atoms with Gasteiger partial charge in [-0.15, -0.1) is 12.3 Å². The lowest BCUT2D eigenvalue weighted by atomic mass is 10.0. The van der Waals surface area contributed by atoms with Crippen molar-refractivity contribution < 1.29 is 5.11 Å². The summed E-state index contributed by atoms with van der Waals surface area (Å²) in [7, 11) is 0. The normalized spacial score (nSPS) is 20.3. The predicted octanol–water partition coefficient (Wildman–Crippen LogP) is 2.83. The molecule has 0 radical (unpaired) electrons. The minimum absolute atomic E-state index is 0.196. The Bertz CT molecular complexity index is 179. The van der Waals surface area contributed by atoms with Gasteiger partial charge in [0, 0.05) is 17.4 Å². The average Bonchev–Trinajstić information content (AvgIpc) is 2.25. The van der Waals surface area contributed by atoms with Crippen LogP contribution in [-0.4, -0.2) is 22.2 Å². The molecular weight excluding hydrogens is 192 g/mol. The minimum Gasteiger partial charge on any atom is -0.392 e. The predicted molar refractivity (Wildman–Crippen MR) is 63.4 cm³/mol. The molecule has 2 heteroatoms. The summed E-state index contributed by atoms with van der Waals surface area (Å²) in [5.41, 5.74) is 0. The first-order valence-electron chi connectivity index (χ1n) is 5.56. The molecule has 0 aromatic rings. The molecule has 0 spiro atoms. The van der Waals surface area contributed by atoms with Crippen LogP contribution in [0, 0.1) is 12.3 Å². The van der Waals surface area contributed by atoms with Crippen molar-refractivity contribution in [3.05, 3.63) is 0 Å². The van der Waals surface area contributed by atoms with Gasteiger partial charge in [-0.1, -0.05) is 19.3 Å². The van der Waals surface area contributed by atoms with Gasteiger partial charge >= 0.3 is 0 Å². The SMILES string of the molecule is C#CCCC(O)CSC1CCCCC1.